The summed E-state index contributed by atoms with van der Waals surface area (Å²) in [5.74, 6) is -1.74. The fourth-order valence-corrected chi connectivity index (χ4v) is 1.22. The van der Waals surface area contributed by atoms with Gasteiger partial charge < -0.3 is 10.2 Å². The van der Waals surface area contributed by atoms with Crippen LogP contribution in [0, 0.1) is 0 Å². The van der Waals surface area contributed by atoms with Crippen LogP contribution < -0.4 is 22.5 Å². The van der Waals surface area contributed by atoms with E-state index in [9.17, 15) is 29.4 Å². The zero-order chi connectivity index (χ0) is 14.9. The van der Waals surface area contributed by atoms with Crippen LogP contribution in [0.1, 0.15) is 0 Å². The van der Waals surface area contributed by atoms with Crippen molar-refractivity contribution in [1.82, 2.24) is 19.9 Å². The van der Waals surface area contributed by atoms with Crippen molar-refractivity contribution >= 4 is 11.4 Å². The van der Waals surface area contributed by atoms with Gasteiger partial charge in [-0.3, -0.25) is 29.5 Å². The van der Waals surface area contributed by atoms with Crippen LogP contribution in [-0.2, 0) is 16.5 Å². The summed E-state index contributed by atoms with van der Waals surface area (Å²) in [6, 6.07) is 0. The minimum atomic E-state index is -1.06. The van der Waals surface area contributed by atoms with Crippen molar-refractivity contribution in [2.24, 2.45) is 10.2 Å². The summed E-state index contributed by atoms with van der Waals surface area (Å²) in [5, 5.41) is 25.0. The molecule has 112 valence electrons. The summed E-state index contributed by atoms with van der Waals surface area (Å²) >= 11 is 0. The second-order valence-electron chi connectivity index (χ2n) is 3.41. The van der Waals surface area contributed by atoms with E-state index in [1.807, 2.05) is 9.97 Å². The summed E-state index contributed by atoms with van der Waals surface area (Å²) in [7, 11) is 0. The van der Waals surface area contributed by atoms with E-state index in [0.717, 1.165) is 0 Å². The number of aromatic amines is 4. The molecular formula is C8H6N6NiO6+2. The molecule has 0 fully saturated rings. The minimum Gasteiger partial charge on any atom is -0.493 e. The Morgan fingerprint density at radius 3 is 1.29 bits per heavy atom. The Balaban J connectivity index is 0.00000220. The van der Waals surface area contributed by atoms with Crippen LogP contribution in [0.5, 0.6) is 11.8 Å². The summed E-state index contributed by atoms with van der Waals surface area (Å²) < 4.78 is 0. The number of hydrogen-bond acceptors (Lipinski definition) is 8. The molecule has 6 N–H and O–H groups in total. The Morgan fingerprint density at radius 2 is 1.00 bits per heavy atom. The van der Waals surface area contributed by atoms with Gasteiger partial charge in [0.15, 0.2) is 0 Å². The summed E-state index contributed by atoms with van der Waals surface area (Å²) in [6.07, 6.45) is 0. The van der Waals surface area contributed by atoms with E-state index in [0.29, 0.717) is 0 Å². The molecule has 2 aromatic rings. The number of rotatable bonds is 2. The first kappa shape index (κ1) is 16.1. The first-order chi connectivity index (χ1) is 9.38. The van der Waals surface area contributed by atoms with Crippen molar-refractivity contribution in [3.8, 4) is 11.8 Å². The quantitative estimate of drug-likeness (QED) is 0.277. The Kier molecular flexibility index (Phi) is 4.61. The summed E-state index contributed by atoms with van der Waals surface area (Å²) in [6.45, 7) is 0. The Hall–Kier alpha value is -2.95. The molecule has 12 nitrogen and oxygen atoms in total. The number of aromatic hydroxyl groups is 2. The zero-order valence-corrected chi connectivity index (χ0v) is 10.7. The first-order valence-corrected chi connectivity index (χ1v) is 4.91. The van der Waals surface area contributed by atoms with Crippen LogP contribution in [0.15, 0.2) is 29.4 Å². The molecule has 0 radical (unpaired) electrons. The van der Waals surface area contributed by atoms with Crippen molar-refractivity contribution in [3.05, 3.63) is 41.7 Å². The monoisotopic (exact) mass is 340 g/mol. The van der Waals surface area contributed by atoms with Gasteiger partial charge in [-0.1, -0.05) is 0 Å². The normalized spacial score (nSPS) is 10.5. The molecule has 0 saturated heterocycles. The van der Waals surface area contributed by atoms with E-state index in [1.165, 1.54) is 0 Å². The molecule has 0 saturated carbocycles. The fraction of sp³-hybridized carbons (Fsp3) is 0. The zero-order valence-electron chi connectivity index (χ0n) is 9.74. The Morgan fingerprint density at radius 1 is 0.667 bits per heavy atom. The van der Waals surface area contributed by atoms with E-state index >= 15 is 0 Å². The van der Waals surface area contributed by atoms with Crippen LogP contribution >= 0.6 is 0 Å². The SMILES string of the molecule is O=c1[nH]c(O)c(N=Nc2c(O)[nH]c(=O)[nH]c2=O)c(=O)[nH]1.[Ni+2]. The predicted octanol–water partition coefficient (Wildman–Crippen LogP) is -1.74. The van der Waals surface area contributed by atoms with Gasteiger partial charge >= 0.3 is 27.9 Å². The molecule has 21 heavy (non-hydrogen) atoms. The van der Waals surface area contributed by atoms with Gasteiger partial charge in [0.05, 0.1) is 0 Å². The van der Waals surface area contributed by atoms with Gasteiger partial charge in [0, 0.05) is 0 Å². The molecule has 0 aliphatic rings. The Bertz CT molecular complexity index is 845. The molecule has 0 aliphatic carbocycles. The average Bonchev–Trinajstić information content (AvgIpc) is 2.30. The molecule has 0 bridgehead atoms. The molecular weight excluding hydrogens is 335 g/mol. The molecule has 2 rings (SSSR count). The molecule has 0 spiro atoms. The number of H-pyrrole nitrogens is 4. The van der Waals surface area contributed by atoms with E-state index in [-0.39, 0.29) is 16.5 Å². The number of aromatic nitrogens is 4. The van der Waals surface area contributed by atoms with Crippen molar-refractivity contribution in [1.29, 1.82) is 0 Å². The second kappa shape index (κ2) is 6.00. The predicted molar refractivity (Wildman–Crippen MR) is 62.9 cm³/mol. The van der Waals surface area contributed by atoms with Gasteiger partial charge in [0.1, 0.15) is 0 Å². The molecule has 2 heterocycles. The van der Waals surface area contributed by atoms with Gasteiger partial charge in [-0.15, -0.1) is 10.2 Å². The van der Waals surface area contributed by atoms with Crippen molar-refractivity contribution in [2.75, 3.05) is 0 Å². The van der Waals surface area contributed by atoms with Gasteiger partial charge in [0.2, 0.25) is 23.1 Å². The molecule has 0 amide bonds. The molecule has 0 unspecified atom stereocenters. The summed E-state index contributed by atoms with van der Waals surface area (Å²) in [4.78, 5) is 51.4. The van der Waals surface area contributed by atoms with Gasteiger partial charge in [-0.25, -0.2) is 9.59 Å². The fourth-order valence-electron chi connectivity index (χ4n) is 1.22. The summed E-state index contributed by atoms with van der Waals surface area (Å²) in [5.41, 5.74) is -5.41. The number of nitrogens with zero attached hydrogens (tertiary/aromatic N) is 2. The van der Waals surface area contributed by atoms with Crippen LogP contribution in [0.4, 0.5) is 11.4 Å². The maximum atomic E-state index is 11.3. The largest absolute Gasteiger partial charge is 2.00 e. The van der Waals surface area contributed by atoms with E-state index in [1.54, 1.807) is 9.97 Å². The first-order valence-electron chi connectivity index (χ1n) is 4.91. The smallest absolute Gasteiger partial charge is 0.493 e. The van der Waals surface area contributed by atoms with Gasteiger partial charge in [0.25, 0.3) is 11.1 Å². The molecule has 0 atom stereocenters. The maximum Gasteiger partial charge on any atom is 2.00 e. The number of azo groups is 1. The molecule has 13 heteroatoms. The van der Waals surface area contributed by atoms with Crippen LogP contribution in [0.25, 0.3) is 0 Å². The van der Waals surface area contributed by atoms with Crippen LogP contribution in [-0.4, -0.2) is 30.1 Å². The second-order valence-corrected chi connectivity index (χ2v) is 3.41. The standard InChI is InChI=1S/C8H6N6O6.Ni/c15-3-1(4(16)10-7(19)9-3)13-14-2-5(17)11-8(20)12-6(2)18;/h(H3,9,10,15,16,19)(H3,11,12,17,18,20);/q;+2. The van der Waals surface area contributed by atoms with Crippen LogP contribution in [0.2, 0.25) is 0 Å². The van der Waals surface area contributed by atoms with Crippen LogP contribution in [0.3, 0.4) is 0 Å². The third-order valence-electron chi connectivity index (χ3n) is 2.05. The molecule has 2 aromatic heterocycles. The van der Waals surface area contributed by atoms with Crippen molar-refractivity contribution < 1.29 is 26.7 Å². The minimum absolute atomic E-state index is 0. The van der Waals surface area contributed by atoms with E-state index in [2.05, 4.69) is 10.2 Å². The van der Waals surface area contributed by atoms with Gasteiger partial charge in [-0.2, -0.15) is 0 Å². The van der Waals surface area contributed by atoms with Gasteiger partial charge in [-0.05, 0) is 0 Å². The number of hydrogen-bond donors (Lipinski definition) is 6. The maximum absolute atomic E-state index is 11.3. The average molecular weight is 341 g/mol. The van der Waals surface area contributed by atoms with E-state index < -0.39 is 45.6 Å². The molecule has 0 aromatic carbocycles. The Labute approximate surface area is 122 Å². The third-order valence-corrected chi connectivity index (χ3v) is 2.05. The molecule has 0 aliphatic heterocycles. The van der Waals surface area contributed by atoms with Crippen molar-refractivity contribution in [3.63, 3.8) is 0 Å². The van der Waals surface area contributed by atoms with E-state index in [4.69, 9.17) is 0 Å². The topological polar surface area (TPSA) is 197 Å². The third kappa shape index (κ3) is 3.33. The van der Waals surface area contributed by atoms with Crippen molar-refractivity contribution in [2.45, 2.75) is 0 Å². The number of nitrogens with one attached hydrogen (secondary N) is 4.